The lowest BCUT2D eigenvalue weighted by molar-refractivity contribution is -0.384. The smallest absolute Gasteiger partial charge is 0.312 e. The lowest BCUT2D eigenvalue weighted by Gasteiger charge is -2.58. The number of hydrogen-bond donors (Lipinski definition) is 4. The highest BCUT2D eigenvalue weighted by molar-refractivity contribution is 7.90. The third-order valence-corrected chi connectivity index (χ3v) is 16.7. The summed E-state index contributed by atoms with van der Waals surface area (Å²) >= 11 is 0. The maximum absolute atomic E-state index is 14.0. The molecule has 1 spiro atoms. The Labute approximate surface area is 391 Å². The van der Waals surface area contributed by atoms with Crippen molar-refractivity contribution in [3.05, 3.63) is 106 Å². The molecule has 5 aliphatic rings. The van der Waals surface area contributed by atoms with E-state index < -0.39 is 37.0 Å². The molecule has 1 atom stereocenters. The number of carbonyl (C=O) groups excluding carboxylic acids is 1. The summed E-state index contributed by atoms with van der Waals surface area (Å²) in [5, 5.41) is 26.3. The zero-order valence-corrected chi connectivity index (χ0v) is 39.1. The van der Waals surface area contributed by atoms with Crippen LogP contribution < -0.4 is 19.7 Å². The Bertz CT molecular complexity index is 2750. The molecule has 2 saturated heterocycles. The molecular formula is C50H61N9O7S. The van der Waals surface area contributed by atoms with Gasteiger partial charge in [0.15, 0.2) is 0 Å². The Kier molecular flexibility index (Phi) is 12.2. The first-order chi connectivity index (χ1) is 32.2. The van der Waals surface area contributed by atoms with Crippen LogP contribution in [0.1, 0.15) is 112 Å². The normalized spacial score (nSPS) is 23.8. The van der Waals surface area contributed by atoms with E-state index >= 15 is 0 Å². The first kappa shape index (κ1) is 45.2. The monoisotopic (exact) mass is 931 g/mol. The Hall–Kier alpha value is -5.62. The molecule has 3 aliphatic carbocycles. The van der Waals surface area contributed by atoms with Crippen molar-refractivity contribution in [3.63, 3.8) is 0 Å². The van der Waals surface area contributed by atoms with Gasteiger partial charge in [0, 0.05) is 80.8 Å². The number of pyridine rings is 2. The molecule has 1 amide bonds. The summed E-state index contributed by atoms with van der Waals surface area (Å²) in [4.78, 5) is 44.3. The number of anilines is 2. The zero-order valence-electron chi connectivity index (χ0n) is 38.3. The van der Waals surface area contributed by atoms with E-state index in [4.69, 9.17) is 4.74 Å². The van der Waals surface area contributed by atoms with Crippen LogP contribution in [0.4, 0.5) is 17.2 Å². The van der Waals surface area contributed by atoms with Gasteiger partial charge in [-0.15, -0.1) is 0 Å². The van der Waals surface area contributed by atoms with Crippen LogP contribution in [0.2, 0.25) is 0 Å². The number of carbonyl (C=O) groups is 1. The van der Waals surface area contributed by atoms with Crippen molar-refractivity contribution in [2.45, 2.75) is 107 Å². The second kappa shape index (κ2) is 18.1. The maximum Gasteiger partial charge on any atom is 0.312 e. The van der Waals surface area contributed by atoms with Gasteiger partial charge >= 0.3 is 5.69 Å². The number of nitrogens with one attached hydrogen (secondary N) is 3. The molecule has 10 rings (SSSR count). The minimum atomic E-state index is -4.63. The molecule has 3 aromatic heterocycles. The van der Waals surface area contributed by atoms with Crippen LogP contribution in [-0.2, 0) is 10.0 Å². The summed E-state index contributed by atoms with van der Waals surface area (Å²) in [6.07, 6.45) is 14.1. The molecule has 3 saturated carbocycles. The SMILES string of the molecule is CCN1CCN(C2CC3(CCN(c4ccc(C(=O)NS(=O)(=O)c5cnc(NCC6CCC(C)(O)CC6)c([N+](=O)[O-])c5)c(Oc5cnc6[nH]ccc6c5)c4)CC3)C2)[C@H](c2ccccc2C2CC2)C1. The fraction of sp³-hybridized carbons (Fsp3) is 0.500. The molecular weight excluding hydrogens is 871 g/mol. The van der Waals surface area contributed by atoms with Crippen molar-refractivity contribution in [2.24, 2.45) is 11.3 Å². The number of rotatable bonds is 14. The number of fused-ring (bicyclic) bond motifs is 1. The predicted octanol–water partition coefficient (Wildman–Crippen LogP) is 8.14. The average Bonchev–Trinajstić information content (AvgIpc) is 4.06. The number of H-pyrrole nitrogens is 1. The minimum Gasteiger partial charge on any atom is -0.455 e. The van der Waals surface area contributed by atoms with E-state index in [1.165, 1.54) is 37.4 Å². The Morgan fingerprint density at radius 3 is 2.45 bits per heavy atom. The van der Waals surface area contributed by atoms with Crippen molar-refractivity contribution >= 4 is 44.2 Å². The number of sulfonamides is 1. The first-order valence-corrected chi connectivity index (χ1v) is 25.5. The van der Waals surface area contributed by atoms with Crippen LogP contribution in [0, 0.1) is 21.4 Å². The predicted molar refractivity (Wildman–Crippen MR) is 256 cm³/mol. The average molecular weight is 932 g/mol. The van der Waals surface area contributed by atoms with Gasteiger partial charge in [0.25, 0.3) is 15.9 Å². The number of hydrogen-bond acceptors (Lipinski definition) is 13. The number of aromatic nitrogens is 3. The van der Waals surface area contributed by atoms with Crippen molar-refractivity contribution in [1.29, 1.82) is 0 Å². The summed E-state index contributed by atoms with van der Waals surface area (Å²) in [7, 11) is -4.63. The minimum absolute atomic E-state index is 0.0370. The molecule has 2 aliphatic heterocycles. The van der Waals surface area contributed by atoms with Gasteiger partial charge in [-0.3, -0.25) is 19.8 Å². The topological polar surface area (TPSA) is 199 Å². The molecule has 5 fully saturated rings. The first-order valence-electron chi connectivity index (χ1n) is 24.0. The summed E-state index contributed by atoms with van der Waals surface area (Å²) in [5.74, 6) is 0.340. The van der Waals surface area contributed by atoms with Crippen molar-refractivity contribution in [3.8, 4) is 11.5 Å². The van der Waals surface area contributed by atoms with Gasteiger partial charge in [0.05, 0.1) is 28.5 Å². The fourth-order valence-electron chi connectivity index (χ4n) is 11.2. The number of piperazine rings is 1. The number of aromatic amines is 1. The number of benzene rings is 2. The van der Waals surface area contributed by atoms with E-state index in [0.29, 0.717) is 48.8 Å². The molecule has 67 heavy (non-hydrogen) atoms. The number of nitrogens with zero attached hydrogens (tertiary/aromatic N) is 6. The molecule has 0 unspecified atom stereocenters. The number of likely N-dealkylation sites (N-methyl/N-ethyl adjacent to an activating group) is 1. The lowest BCUT2D eigenvalue weighted by Crippen LogP contribution is -2.60. The molecule has 16 nitrogen and oxygen atoms in total. The van der Waals surface area contributed by atoms with Crippen LogP contribution in [-0.4, -0.2) is 107 Å². The Morgan fingerprint density at radius 2 is 1.72 bits per heavy atom. The lowest BCUT2D eigenvalue weighted by atomic mass is 9.59. The van der Waals surface area contributed by atoms with E-state index in [0.717, 1.165) is 88.3 Å². The quantitative estimate of drug-likeness (QED) is 0.0615. The van der Waals surface area contributed by atoms with E-state index in [1.54, 1.807) is 36.9 Å². The third-order valence-electron chi connectivity index (χ3n) is 15.5. The maximum atomic E-state index is 14.0. The molecule has 0 bridgehead atoms. The van der Waals surface area contributed by atoms with Crippen molar-refractivity contribution in [1.82, 2.24) is 29.5 Å². The number of nitro groups is 1. The van der Waals surface area contributed by atoms with Crippen molar-refractivity contribution in [2.75, 3.05) is 56.0 Å². The van der Waals surface area contributed by atoms with Gasteiger partial charge in [0.1, 0.15) is 22.0 Å². The van der Waals surface area contributed by atoms with E-state index in [1.807, 2.05) is 12.1 Å². The molecule has 17 heteroatoms. The van der Waals surface area contributed by atoms with E-state index in [-0.39, 0.29) is 28.5 Å². The second-order valence-corrected chi connectivity index (χ2v) is 21.7. The van der Waals surface area contributed by atoms with Crippen molar-refractivity contribution < 1.29 is 28.0 Å². The third kappa shape index (κ3) is 9.60. The highest BCUT2D eigenvalue weighted by Gasteiger charge is 2.50. The molecule has 4 N–H and O–H groups in total. The molecule has 354 valence electrons. The van der Waals surface area contributed by atoms with Crippen LogP contribution >= 0.6 is 0 Å². The van der Waals surface area contributed by atoms with Gasteiger partial charge in [0.2, 0.25) is 5.82 Å². The molecule has 2 aromatic carbocycles. The largest absolute Gasteiger partial charge is 0.455 e. The number of ether oxygens (including phenoxy) is 1. The highest BCUT2D eigenvalue weighted by Crippen LogP contribution is 2.54. The number of aliphatic hydroxyl groups is 1. The standard InChI is InChI=1S/C50H61N9O7S/c1-3-56-22-23-58(44(32-56)41-7-5-4-6-40(41)34-8-9-34)37-27-50(28-37)17-20-57(21-18-50)36-10-11-42(45(25-36)66-38-24-35-14-19-51-46(35)53-30-38)48(60)55-67(64,65)39-26-43(59(62)63)47(54-31-39)52-29-33-12-15-49(2,61)16-13-33/h4-7,10-11,14,19,24-26,30-31,33-34,37,44,61H,3,8-9,12-13,15-18,20-23,27-29,32H2,1-2H3,(H,51,53)(H,52,54)(H,55,60)/t33?,44-,49?/m0/s1. The van der Waals surface area contributed by atoms with Gasteiger partial charge in [-0.2, -0.15) is 0 Å². The molecule has 5 heterocycles. The summed E-state index contributed by atoms with van der Waals surface area (Å²) in [5.41, 5.74) is 3.59. The van der Waals surface area contributed by atoms with E-state index in [2.05, 4.69) is 70.9 Å². The summed E-state index contributed by atoms with van der Waals surface area (Å²) in [6, 6.07) is 19.9. The number of piperidine rings is 1. The summed E-state index contributed by atoms with van der Waals surface area (Å²) < 4.78 is 36.0. The Balaban J connectivity index is 0.836. The zero-order chi connectivity index (χ0) is 46.5. The van der Waals surface area contributed by atoms with Crippen LogP contribution in [0.5, 0.6) is 11.5 Å². The number of amides is 1. The Morgan fingerprint density at radius 1 is 0.955 bits per heavy atom. The summed E-state index contributed by atoms with van der Waals surface area (Å²) in [6.45, 7) is 10.5. The van der Waals surface area contributed by atoms with Gasteiger partial charge in [-0.25, -0.2) is 23.1 Å². The fourth-order valence-corrected chi connectivity index (χ4v) is 12.1. The van der Waals surface area contributed by atoms with Gasteiger partial charge < -0.3 is 29.9 Å². The molecule has 0 radical (unpaired) electrons. The van der Waals surface area contributed by atoms with Crippen LogP contribution in [0.3, 0.4) is 0 Å². The highest BCUT2D eigenvalue weighted by atomic mass is 32.2. The molecule has 5 aromatic rings. The van der Waals surface area contributed by atoms with Crippen LogP contribution in [0.25, 0.3) is 11.0 Å². The van der Waals surface area contributed by atoms with Gasteiger partial charge in [-0.1, -0.05) is 31.2 Å². The van der Waals surface area contributed by atoms with Crippen LogP contribution in [0.15, 0.2) is 84.1 Å². The van der Waals surface area contributed by atoms with Gasteiger partial charge in [-0.05, 0) is 130 Å². The second-order valence-electron chi connectivity index (χ2n) is 20.0. The van der Waals surface area contributed by atoms with E-state index in [9.17, 15) is 28.4 Å².